The monoisotopic (exact) mass is 572 g/mol. The number of nitrogens with zero attached hydrogens (tertiary/aromatic N) is 2. The first-order valence-electron chi connectivity index (χ1n) is 12.9. The van der Waals surface area contributed by atoms with Crippen molar-refractivity contribution >= 4 is 17.9 Å². The normalized spacial score (nSPS) is 21.3. The summed E-state index contributed by atoms with van der Waals surface area (Å²) in [5.41, 5.74) is -2.80. The van der Waals surface area contributed by atoms with Crippen LogP contribution >= 0.6 is 0 Å². The highest BCUT2D eigenvalue weighted by Crippen LogP contribution is 2.43. The van der Waals surface area contributed by atoms with Gasteiger partial charge in [-0.15, -0.1) is 0 Å². The molecular formula is C31H25FN2O8. The van der Waals surface area contributed by atoms with Crippen molar-refractivity contribution in [2.45, 2.75) is 31.0 Å². The van der Waals surface area contributed by atoms with Crippen LogP contribution in [0.15, 0.2) is 108 Å². The molecule has 1 saturated heterocycles. The Hall–Kier alpha value is -5.16. The van der Waals surface area contributed by atoms with Crippen LogP contribution in [0.5, 0.6) is 5.88 Å². The molecule has 0 unspecified atom stereocenters. The van der Waals surface area contributed by atoms with Crippen LogP contribution in [0.3, 0.4) is 0 Å². The van der Waals surface area contributed by atoms with Crippen LogP contribution in [0.2, 0.25) is 0 Å². The van der Waals surface area contributed by atoms with Gasteiger partial charge in [-0.2, -0.15) is 4.98 Å². The number of hydrogen-bond acceptors (Lipinski definition) is 9. The molecule has 0 bridgehead atoms. The molecule has 1 aliphatic rings. The Kier molecular flexibility index (Phi) is 8.21. The van der Waals surface area contributed by atoms with Gasteiger partial charge in [0.15, 0.2) is 18.0 Å². The highest BCUT2D eigenvalue weighted by Gasteiger charge is 2.58. The Morgan fingerprint density at radius 2 is 1.36 bits per heavy atom. The molecule has 0 aliphatic carbocycles. The lowest BCUT2D eigenvalue weighted by Crippen LogP contribution is -2.45. The molecule has 1 fully saturated rings. The van der Waals surface area contributed by atoms with Crippen LogP contribution < -0.4 is 10.4 Å². The molecule has 42 heavy (non-hydrogen) atoms. The lowest BCUT2D eigenvalue weighted by Gasteiger charge is -2.27. The third-order valence-electron chi connectivity index (χ3n) is 6.58. The fraction of sp³-hybridized carbons (Fsp3) is 0.194. The van der Waals surface area contributed by atoms with Crippen LogP contribution in [-0.4, -0.2) is 51.9 Å². The molecule has 0 N–H and O–H groups in total. The number of ether oxygens (including phenoxy) is 4. The minimum absolute atomic E-state index is 0.167. The fourth-order valence-corrected chi connectivity index (χ4v) is 4.46. The van der Waals surface area contributed by atoms with E-state index in [4.69, 9.17) is 18.9 Å². The summed E-state index contributed by atoms with van der Waals surface area (Å²) in [6.45, 7) is 0.626. The number of carbonyl (C=O) groups is 3. The molecule has 4 aromatic rings. The Labute approximate surface area is 239 Å². The van der Waals surface area contributed by atoms with E-state index in [9.17, 15) is 19.2 Å². The highest BCUT2D eigenvalue weighted by atomic mass is 19.1. The number of carbonyl (C=O) groups excluding carboxylic acids is 3. The molecule has 3 aromatic carbocycles. The molecule has 1 aromatic heterocycles. The van der Waals surface area contributed by atoms with E-state index in [1.165, 1.54) is 30.3 Å². The molecule has 5 rings (SSSR count). The smallest absolute Gasteiger partial charge is 0.353 e. The third-order valence-corrected chi connectivity index (χ3v) is 6.58. The van der Waals surface area contributed by atoms with Gasteiger partial charge in [0.1, 0.15) is 12.7 Å². The molecule has 11 heteroatoms. The van der Waals surface area contributed by atoms with Crippen molar-refractivity contribution in [3.05, 3.63) is 130 Å². The van der Waals surface area contributed by atoms with Crippen molar-refractivity contribution < 1.29 is 37.7 Å². The zero-order valence-electron chi connectivity index (χ0n) is 22.3. The summed E-state index contributed by atoms with van der Waals surface area (Å²) in [6.07, 6.45) is -3.35. The molecule has 1 aliphatic heterocycles. The first-order valence-corrected chi connectivity index (χ1v) is 12.9. The summed E-state index contributed by atoms with van der Waals surface area (Å²) in [7, 11) is 0. The van der Waals surface area contributed by atoms with Crippen molar-refractivity contribution in [1.82, 2.24) is 9.55 Å². The van der Waals surface area contributed by atoms with Crippen LogP contribution in [0.25, 0.3) is 0 Å². The van der Waals surface area contributed by atoms with E-state index in [-0.39, 0.29) is 22.6 Å². The van der Waals surface area contributed by atoms with Gasteiger partial charge in [-0.1, -0.05) is 54.6 Å². The molecule has 0 saturated carbocycles. The summed E-state index contributed by atoms with van der Waals surface area (Å²) < 4.78 is 39.3. The molecule has 0 radical (unpaired) electrons. The zero-order chi connectivity index (χ0) is 29.7. The average molecular weight is 573 g/mol. The highest BCUT2D eigenvalue weighted by molar-refractivity contribution is 5.91. The second-order valence-electron chi connectivity index (χ2n) is 9.55. The number of benzene rings is 3. The standard InChI is InChI=1S/C31H25FN2O8/c1-31(32)25(42-28(37)22-15-9-4-10-16-22)23(19-39-26(35)20-11-5-2-6-12-20)40-29(31)34-18-17-24(33-30(34)38)41-27(36)21-13-7-3-8-14-21/h2-18,23,25,29H,19H2,1H3/t23-,25-,29-,31-/m1/s1. The van der Waals surface area contributed by atoms with Gasteiger partial charge in [-0.25, -0.2) is 23.6 Å². The molecule has 0 amide bonds. The molecule has 2 heterocycles. The molecule has 0 spiro atoms. The Morgan fingerprint density at radius 3 is 1.90 bits per heavy atom. The quantitative estimate of drug-likeness (QED) is 0.286. The molecule has 214 valence electrons. The summed E-state index contributed by atoms with van der Waals surface area (Å²) in [6, 6.07) is 25.4. The van der Waals surface area contributed by atoms with Gasteiger partial charge in [-0.3, -0.25) is 4.57 Å². The maximum absolute atomic E-state index is 16.5. The van der Waals surface area contributed by atoms with Crippen LogP contribution in [0.4, 0.5) is 4.39 Å². The Bertz CT molecular complexity index is 1630. The molecule has 4 atom stereocenters. The third kappa shape index (κ3) is 6.11. The van der Waals surface area contributed by atoms with Gasteiger partial charge in [-0.05, 0) is 43.3 Å². The van der Waals surface area contributed by atoms with E-state index in [1.807, 2.05) is 0 Å². The SMILES string of the molecule is C[C@@]1(F)[C@H](OC(=O)c2ccccc2)[C@@H](COC(=O)c2ccccc2)O[C@H]1n1ccc(OC(=O)c2ccccc2)nc1=O. The zero-order valence-corrected chi connectivity index (χ0v) is 22.3. The van der Waals surface area contributed by atoms with Gasteiger partial charge in [0.25, 0.3) is 0 Å². The number of halogens is 1. The van der Waals surface area contributed by atoms with Crippen molar-refractivity contribution in [3.63, 3.8) is 0 Å². The van der Waals surface area contributed by atoms with Crippen LogP contribution in [-0.2, 0) is 14.2 Å². The Balaban J connectivity index is 1.39. The lowest BCUT2D eigenvalue weighted by atomic mass is 9.98. The first-order chi connectivity index (χ1) is 20.2. The van der Waals surface area contributed by atoms with E-state index in [2.05, 4.69) is 4.98 Å². The number of aromatic nitrogens is 2. The van der Waals surface area contributed by atoms with Gasteiger partial charge in [0.05, 0.1) is 16.7 Å². The predicted molar refractivity (Wildman–Crippen MR) is 146 cm³/mol. The van der Waals surface area contributed by atoms with Gasteiger partial charge < -0.3 is 18.9 Å². The minimum atomic E-state index is -2.48. The van der Waals surface area contributed by atoms with Gasteiger partial charge >= 0.3 is 23.6 Å². The molecule has 10 nitrogen and oxygen atoms in total. The topological polar surface area (TPSA) is 123 Å². The number of rotatable bonds is 8. The van der Waals surface area contributed by atoms with E-state index >= 15 is 4.39 Å². The maximum Gasteiger partial charge on any atom is 0.353 e. The van der Waals surface area contributed by atoms with Gasteiger partial charge in [0.2, 0.25) is 5.88 Å². The lowest BCUT2D eigenvalue weighted by molar-refractivity contribution is -0.0649. The minimum Gasteiger partial charge on any atom is -0.459 e. The summed E-state index contributed by atoms with van der Waals surface area (Å²) >= 11 is 0. The van der Waals surface area contributed by atoms with Crippen molar-refractivity contribution in [1.29, 1.82) is 0 Å². The fourth-order valence-electron chi connectivity index (χ4n) is 4.46. The van der Waals surface area contributed by atoms with Crippen LogP contribution in [0, 0.1) is 0 Å². The largest absolute Gasteiger partial charge is 0.459 e. The van der Waals surface area contributed by atoms with Crippen molar-refractivity contribution in [2.75, 3.05) is 6.61 Å². The molecular weight excluding hydrogens is 547 g/mol. The van der Waals surface area contributed by atoms with E-state index < -0.39 is 54.3 Å². The van der Waals surface area contributed by atoms with Crippen molar-refractivity contribution in [2.24, 2.45) is 0 Å². The maximum atomic E-state index is 16.5. The average Bonchev–Trinajstić information content (AvgIpc) is 3.25. The van der Waals surface area contributed by atoms with Gasteiger partial charge in [0, 0.05) is 12.3 Å². The van der Waals surface area contributed by atoms with Crippen LogP contribution in [0.1, 0.15) is 44.2 Å². The van der Waals surface area contributed by atoms with Crippen molar-refractivity contribution in [3.8, 4) is 5.88 Å². The Morgan fingerprint density at radius 1 is 0.833 bits per heavy atom. The number of hydrogen-bond donors (Lipinski definition) is 0. The van der Waals surface area contributed by atoms with E-state index in [1.54, 1.807) is 66.7 Å². The van der Waals surface area contributed by atoms with E-state index in [0.717, 1.165) is 17.7 Å². The predicted octanol–water partition coefficient (Wildman–Crippen LogP) is 4.17. The summed E-state index contributed by atoms with van der Waals surface area (Å²) in [5, 5.41) is 0. The number of esters is 3. The van der Waals surface area contributed by atoms with E-state index in [0.29, 0.717) is 0 Å². The second kappa shape index (κ2) is 12.1. The summed E-state index contributed by atoms with van der Waals surface area (Å²) in [5.74, 6) is -2.56. The first kappa shape index (κ1) is 28.4. The summed E-state index contributed by atoms with van der Waals surface area (Å²) in [4.78, 5) is 54.5. The number of alkyl halides is 1. The second-order valence-corrected chi connectivity index (χ2v) is 9.55.